The minimum absolute atomic E-state index is 0.00254. The maximum atomic E-state index is 12.8. The zero-order valence-electron chi connectivity index (χ0n) is 37.0. The Morgan fingerprint density at radius 1 is 0.839 bits per heavy atom. The highest BCUT2D eigenvalue weighted by atomic mass is 16.6. The molecule has 0 radical (unpaired) electrons. The van der Waals surface area contributed by atoms with Crippen LogP contribution in [-0.2, 0) is 51.1 Å². The summed E-state index contributed by atoms with van der Waals surface area (Å²) in [5, 5.41) is 40.1. The van der Waals surface area contributed by atoms with E-state index in [1.54, 1.807) is 10.9 Å². The van der Waals surface area contributed by atoms with Gasteiger partial charge in [0.2, 0.25) is 17.7 Å². The zero-order valence-corrected chi connectivity index (χ0v) is 37.0. The van der Waals surface area contributed by atoms with Crippen LogP contribution in [0, 0.1) is 0 Å². The molecule has 6 atom stereocenters. The SMILES string of the molecule is CCC(C)(CCOC(C)(C)CCn1cc(C[C@@H]2O[C@H](CO)[C@H](O)[C@@H]3OC(=O)N[C@H]32)nn1)NC(=O)CCCNC(=O)CCCCCCCCCCC(=O)NCCN1C(=O)C=CC1=O. The third-order valence-corrected chi connectivity index (χ3v) is 11.9. The van der Waals surface area contributed by atoms with Crippen LogP contribution in [-0.4, -0.2) is 140 Å². The Morgan fingerprint density at radius 2 is 1.45 bits per heavy atom. The number of carbonyl (C=O) groups is 6. The smallest absolute Gasteiger partial charge is 0.408 e. The van der Waals surface area contributed by atoms with Crippen molar-refractivity contribution in [2.45, 2.75) is 179 Å². The Bertz CT molecular complexity index is 1650. The third kappa shape index (κ3) is 16.7. The first kappa shape index (κ1) is 50.2. The molecule has 0 aliphatic carbocycles. The van der Waals surface area contributed by atoms with Crippen molar-refractivity contribution in [3.63, 3.8) is 0 Å². The maximum absolute atomic E-state index is 12.8. The van der Waals surface area contributed by atoms with Gasteiger partial charge in [0, 0.05) is 82.4 Å². The second-order valence-electron chi connectivity index (χ2n) is 17.5. The number of aliphatic hydroxyl groups excluding tert-OH is 2. The highest BCUT2D eigenvalue weighted by Gasteiger charge is 2.51. The van der Waals surface area contributed by atoms with Gasteiger partial charge >= 0.3 is 6.09 Å². The van der Waals surface area contributed by atoms with Crippen molar-refractivity contribution in [1.82, 2.24) is 41.2 Å². The van der Waals surface area contributed by atoms with Gasteiger partial charge in [-0.15, -0.1) is 5.10 Å². The van der Waals surface area contributed by atoms with Gasteiger partial charge in [-0.3, -0.25) is 33.6 Å². The number of ether oxygens (including phenoxy) is 3. The van der Waals surface area contributed by atoms with Crippen LogP contribution < -0.4 is 21.3 Å². The molecule has 4 rings (SSSR count). The number of imide groups is 1. The number of aliphatic hydroxyl groups is 2. The Kier molecular flexibility index (Phi) is 20.2. The summed E-state index contributed by atoms with van der Waals surface area (Å²) < 4.78 is 19.1. The summed E-state index contributed by atoms with van der Waals surface area (Å²) in [5.41, 5.74) is -0.289. The lowest BCUT2D eigenvalue weighted by atomic mass is 9.91. The molecule has 1 aromatic rings. The number of fused-ring (bicyclic) bond motifs is 1. The van der Waals surface area contributed by atoms with Crippen LogP contribution in [0.4, 0.5) is 4.79 Å². The number of alkyl carbamates (subject to hydrolysis) is 1. The summed E-state index contributed by atoms with van der Waals surface area (Å²) in [4.78, 5) is 73.2. The molecule has 6 N–H and O–H groups in total. The Hall–Kier alpha value is -4.46. The highest BCUT2D eigenvalue weighted by Crippen LogP contribution is 2.29. The van der Waals surface area contributed by atoms with Crippen LogP contribution in [0.1, 0.15) is 130 Å². The molecule has 6 amide bonds. The molecule has 0 spiro atoms. The van der Waals surface area contributed by atoms with Crippen LogP contribution in [0.2, 0.25) is 0 Å². The van der Waals surface area contributed by atoms with Crippen LogP contribution in [0.5, 0.6) is 0 Å². The van der Waals surface area contributed by atoms with Gasteiger partial charge in [-0.25, -0.2) is 4.79 Å². The van der Waals surface area contributed by atoms with Crippen molar-refractivity contribution in [3.05, 3.63) is 24.0 Å². The van der Waals surface area contributed by atoms with Gasteiger partial charge in [-0.05, 0) is 59.3 Å². The number of hydrogen-bond acceptors (Lipinski definition) is 13. The molecule has 19 nitrogen and oxygen atoms in total. The number of amides is 6. The number of nitrogens with one attached hydrogen (secondary N) is 4. The van der Waals surface area contributed by atoms with Crippen molar-refractivity contribution >= 4 is 35.6 Å². The van der Waals surface area contributed by atoms with Gasteiger partial charge in [-0.2, -0.15) is 0 Å². The molecule has 1 aromatic heterocycles. The molecule has 0 aromatic carbocycles. The molecule has 2 fully saturated rings. The Labute approximate surface area is 364 Å². The molecule has 0 saturated carbocycles. The molecule has 62 heavy (non-hydrogen) atoms. The van der Waals surface area contributed by atoms with Gasteiger partial charge in [0.25, 0.3) is 11.8 Å². The van der Waals surface area contributed by atoms with E-state index in [4.69, 9.17) is 14.2 Å². The van der Waals surface area contributed by atoms with E-state index < -0.39 is 54.3 Å². The second-order valence-corrected chi connectivity index (χ2v) is 17.5. The molecule has 3 aliphatic rings. The molecule has 348 valence electrons. The topological polar surface area (TPSA) is 253 Å². The van der Waals surface area contributed by atoms with Gasteiger partial charge in [0.15, 0.2) is 6.10 Å². The molecular weight excluding hydrogens is 805 g/mol. The van der Waals surface area contributed by atoms with Crippen LogP contribution in [0.3, 0.4) is 0 Å². The van der Waals surface area contributed by atoms with Crippen LogP contribution >= 0.6 is 0 Å². The number of unbranched alkanes of at least 4 members (excludes halogenated alkanes) is 7. The first-order valence-corrected chi connectivity index (χ1v) is 22.4. The van der Waals surface area contributed by atoms with Crippen LogP contribution in [0.25, 0.3) is 0 Å². The monoisotopic (exact) mass is 875 g/mol. The van der Waals surface area contributed by atoms with E-state index in [0.717, 1.165) is 62.7 Å². The minimum Gasteiger partial charge on any atom is -0.441 e. The maximum Gasteiger partial charge on any atom is 0.408 e. The summed E-state index contributed by atoms with van der Waals surface area (Å²) in [7, 11) is 0. The van der Waals surface area contributed by atoms with Gasteiger partial charge < -0.3 is 45.7 Å². The molecule has 1 unspecified atom stereocenters. The molecule has 0 bridgehead atoms. The van der Waals surface area contributed by atoms with E-state index in [2.05, 4.69) is 31.6 Å². The molecular formula is C43H70N8O11. The van der Waals surface area contributed by atoms with Crippen molar-refractivity contribution in [2.75, 3.05) is 32.8 Å². The number of nitrogens with zero attached hydrogens (tertiary/aromatic N) is 4. The van der Waals surface area contributed by atoms with E-state index in [0.29, 0.717) is 70.3 Å². The number of aromatic nitrogens is 3. The van der Waals surface area contributed by atoms with E-state index in [-0.39, 0.29) is 42.6 Å². The van der Waals surface area contributed by atoms with Crippen molar-refractivity contribution in [1.29, 1.82) is 0 Å². The van der Waals surface area contributed by atoms with E-state index in [1.165, 1.54) is 12.2 Å². The molecule has 4 heterocycles. The fourth-order valence-electron chi connectivity index (χ4n) is 7.69. The molecule has 3 aliphatic heterocycles. The lowest BCUT2D eigenvalue weighted by molar-refractivity contribution is -0.177. The molecule has 19 heteroatoms. The van der Waals surface area contributed by atoms with Gasteiger partial charge in [-0.1, -0.05) is 50.7 Å². The lowest BCUT2D eigenvalue weighted by Crippen LogP contribution is -2.60. The third-order valence-electron chi connectivity index (χ3n) is 11.9. The van der Waals surface area contributed by atoms with Gasteiger partial charge in [0.05, 0.1) is 30.0 Å². The van der Waals surface area contributed by atoms with Crippen molar-refractivity contribution in [2.24, 2.45) is 0 Å². The minimum atomic E-state index is -1.14. The zero-order chi connectivity index (χ0) is 45.1. The Balaban J connectivity index is 0.977. The van der Waals surface area contributed by atoms with Gasteiger partial charge in [0.1, 0.15) is 12.2 Å². The number of carbonyl (C=O) groups excluding carboxylic acids is 6. The average molecular weight is 875 g/mol. The number of hydrogen-bond donors (Lipinski definition) is 6. The normalized spacial score (nSPS) is 21.9. The van der Waals surface area contributed by atoms with E-state index in [9.17, 15) is 39.0 Å². The second kappa shape index (κ2) is 25.0. The van der Waals surface area contributed by atoms with E-state index in [1.807, 2.05) is 27.7 Å². The largest absolute Gasteiger partial charge is 0.441 e. The van der Waals surface area contributed by atoms with Crippen LogP contribution in [0.15, 0.2) is 18.3 Å². The van der Waals surface area contributed by atoms with Crippen molar-refractivity contribution < 1.29 is 53.2 Å². The first-order chi connectivity index (χ1) is 29.6. The summed E-state index contributed by atoms with van der Waals surface area (Å²) in [6, 6.07) is -0.574. The first-order valence-electron chi connectivity index (χ1n) is 22.4. The molecule has 2 saturated heterocycles. The van der Waals surface area contributed by atoms with E-state index >= 15 is 0 Å². The van der Waals surface area contributed by atoms with Crippen molar-refractivity contribution in [3.8, 4) is 0 Å². The fourth-order valence-corrected chi connectivity index (χ4v) is 7.69. The number of rotatable bonds is 30. The summed E-state index contributed by atoms with van der Waals surface area (Å²) in [5.74, 6) is -0.823. The highest BCUT2D eigenvalue weighted by molar-refractivity contribution is 6.12. The summed E-state index contributed by atoms with van der Waals surface area (Å²) in [6.45, 7) is 9.52. The predicted octanol–water partition coefficient (Wildman–Crippen LogP) is 2.12. The average Bonchev–Trinajstić information content (AvgIpc) is 3.95. The lowest BCUT2D eigenvalue weighted by Gasteiger charge is -2.39. The quantitative estimate of drug-likeness (QED) is 0.0479. The number of aryl methyl sites for hydroxylation is 1. The predicted molar refractivity (Wildman–Crippen MR) is 226 cm³/mol. The standard InChI is InChI=1S/C43H70N8O11/c1-5-43(4,21-26-60-42(2,3)20-24-50-28-30(48-49-50)27-31-38-40(62-41(59)46-38)39(58)32(29-52)61-31)47-35(55)17-14-22-44-33(53)15-12-10-8-6-7-9-11-13-16-34(54)45-23-25-51-36(56)18-19-37(51)57/h18-19,28,31-32,38-40,52,58H,5-17,20-27,29H2,1-4H3,(H,44,53)(H,45,54)(H,46,59)(H,47,55)/t31-,32+,38-,39-,40+,43?/m0/s1. The Morgan fingerprint density at radius 3 is 2.08 bits per heavy atom. The fraction of sp³-hybridized carbons (Fsp3) is 0.767. The summed E-state index contributed by atoms with van der Waals surface area (Å²) in [6.07, 6.45) is 12.1. The summed E-state index contributed by atoms with van der Waals surface area (Å²) >= 11 is 0.